The van der Waals surface area contributed by atoms with Gasteiger partial charge in [-0.25, -0.2) is 0 Å². The predicted molar refractivity (Wildman–Crippen MR) is 97.7 cm³/mol. The van der Waals surface area contributed by atoms with Gasteiger partial charge in [0.1, 0.15) is 0 Å². The highest BCUT2D eigenvalue weighted by Gasteiger charge is 2.41. The molecule has 1 aliphatic heterocycles. The number of piperidine rings is 1. The summed E-state index contributed by atoms with van der Waals surface area (Å²) in [7, 11) is 0. The van der Waals surface area contributed by atoms with Crippen molar-refractivity contribution in [3.63, 3.8) is 0 Å². The summed E-state index contributed by atoms with van der Waals surface area (Å²) < 4.78 is 0. The second-order valence-electron chi connectivity index (χ2n) is 6.80. The van der Waals surface area contributed by atoms with E-state index in [0.29, 0.717) is 36.5 Å². The molecule has 24 heavy (non-hydrogen) atoms. The Kier molecular flexibility index (Phi) is 6.29. The first-order valence-corrected chi connectivity index (χ1v) is 8.75. The molecule has 0 bridgehead atoms. The van der Waals surface area contributed by atoms with Gasteiger partial charge in [-0.3, -0.25) is 9.59 Å². The lowest BCUT2D eigenvalue weighted by atomic mass is 9.87. The molecule has 6 heteroatoms. The van der Waals surface area contributed by atoms with Crippen LogP contribution in [0.15, 0.2) is 24.3 Å². The first-order chi connectivity index (χ1) is 11.0. The third-order valence-corrected chi connectivity index (χ3v) is 5.46. The predicted octanol–water partition coefficient (Wildman–Crippen LogP) is 3.45. The van der Waals surface area contributed by atoms with E-state index >= 15 is 0 Å². The average Bonchev–Trinajstić information content (AvgIpc) is 3.02. The molecule has 1 saturated heterocycles. The fourth-order valence-electron chi connectivity index (χ4n) is 3.73. The van der Waals surface area contributed by atoms with Gasteiger partial charge in [0, 0.05) is 29.6 Å². The normalized spacial score (nSPS) is 20.5. The molecule has 2 aliphatic rings. The Morgan fingerprint density at radius 2 is 1.62 bits per heavy atom. The van der Waals surface area contributed by atoms with Crippen LogP contribution in [0.25, 0.3) is 0 Å². The van der Waals surface area contributed by atoms with Crippen molar-refractivity contribution < 1.29 is 9.59 Å². The zero-order valence-corrected chi connectivity index (χ0v) is 15.2. The first-order valence-electron chi connectivity index (χ1n) is 8.38. The molecule has 4 nitrogen and oxygen atoms in total. The smallest absolute Gasteiger partial charge is 0.242 e. The molecule has 0 aromatic heterocycles. The van der Waals surface area contributed by atoms with Crippen LogP contribution < -0.4 is 5.73 Å². The number of likely N-dealkylation sites (tertiary alicyclic amines) is 1. The number of nitrogens with zero attached hydrogens (tertiary/aromatic N) is 1. The minimum Gasteiger partial charge on any atom is -0.341 e. The molecule has 3 rings (SSSR count). The molecule has 0 radical (unpaired) electrons. The summed E-state index contributed by atoms with van der Waals surface area (Å²) in [5.74, 6) is 0.210. The van der Waals surface area contributed by atoms with E-state index in [9.17, 15) is 9.59 Å². The van der Waals surface area contributed by atoms with Crippen molar-refractivity contribution in [2.24, 2.45) is 11.7 Å². The molecule has 0 spiro atoms. The second-order valence-corrected chi connectivity index (χ2v) is 7.24. The minimum absolute atomic E-state index is 0. The van der Waals surface area contributed by atoms with Gasteiger partial charge in [0.15, 0.2) is 5.78 Å². The van der Waals surface area contributed by atoms with Gasteiger partial charge in [-0.15, -0.1) is 12.4 Å². The zero-order chi connectivity index (χ0) is 16.4. The molecular formula is C18H24Cl2N2O2. The number of carbonyl (C=O) groups excluding carboxylic acids is 2. The van der Waals surface area contributed by atoms with Gasteiger partial charge in [-0.1, -0.05) is 24.4 Å². The van der Waals surface area contributed by atoms with Crippen molar-refractivity contribution in [2.75, 3.05) is 13.1 Å². The van der Waals surface area contributed by atoms with Crippen LogP contribution in [0.3, 0.4) is 0 Å². The topological polar surface area (TPSA) is 63.4 Å². The van der Waals surface area contributed by atoms with Crippen LogP contribution in [0.1, 0.15) is 48.9 Å². The summed E-state index contributed by atoms with van der Waals surface area (Å²) in [5.41, 5.74) is 6.30. The molecule has 1 heterocycles. The maximum Gasteiger partial charge on any atom is 0.242 e. The van der Waals surface area contributed by atoms with Crippen LogP contribution in [-0.4, -0.2) is 35.2 Å². The zero-order valence-electron chi connectivity index (χ0n) is 13.7. The lowest BCUT2D eigenvalue weighted by molar-refractivity contribution is -0.138. The van der Waals surface area contributed by atoms with Crippen LogP contribution in [-0.2, 0) is 4.79 Å². The summed E-state index contributed by atoms with van der Waals surface area (Å²) in [6, 6.07) is 7.03. The highest BCUT2D eigenvalue weighted by atomic mass is 35.5. The van der Waals surface area contributed by atoms with Crippen LogP contribution in [0.4, 0.5) is 0 Å². The standard InChI is InChI=1S/C18H23ClN2O2.ClH/c19-15-5-3-13(4-6-15)16(22)14-7-11-21(12-8-14)17(23)18(20)9-1-2-10-18;/h3-6,14H,1-2,7-12,20H2;1H. The van der Waals surface area contributed by atoms with Crippen molar-refractivity contribution in [1.82, 2.24) is 4.90 Å². The van der Waals surface area contributed by atoms with E-state index in [2.05, 4.69) is 0 Å². The number of benzene rings is 1. The number of amides is 1. The summed E-state index contributed by atoms with van der Waals surface area (Å²) in [4.78, 5) is 27.0. The average molecular weight is 371 g/mol. The molecule has 1 aromatic carbocycles. The van der Waals surface area contributed by atoms with E-state index in [-0.39, 0.29) is 30.0 Å². The van der Waals surface area contributed by atoms with Gasteiger partial charge < -0.3 is 10.6 Å². The number of ketones is 1. The van der Waals surface area contributed by atoms with E-state index in [1.54, 1.807) is 24.3 Å². The van der Waals surface area contributed by atoms with Gasteiger partial charge in [-0.05, 0) is 49.9 Å². The van der Waals surface area contributed by atoms with Gasteiger partial charge in [0.05, 0.1) is 5.54 Å². The third-order valence-electron chi connectivity index (χ3n) is 5.20. The van der Waals surface area contributed by atoms with Crippen molar-refractivity contribution in [3.05, 3.63) is 34.9 Å². The van der Waals surface area contributed by atoms with Crippen molar-refractivity contribution in [3.8, 4) is 0 Å². The summed E-state index contributed by atoms with van der Waals surface area (Å²) in [5, 5.41) is 0.631. The highest BCUT2D eigenvalue weighted by Crippen LogP contribution is 2.31. The van der Waals surface area contributed by atoms with E-state index in [0.717, 1.165) is 25.7 Å². The fraction of sp³-hybridized carbons (Fsp3) is 0.556. The summed E-state index contributed by atoms with van der Waals surface area (Å²) in [6.45, 7) is 1.25. The molecule has 1 aromatic rings. The largest absolute Gasteiger partial charge is 0.341 e. The molecule has 2 N–H and O–H groups in total. The van der Waals surface area contributed by atoms with Crippen LogP contribution in [0.2, 0.25) is 5.02 Å². The number of rotatable bonds is 3. The number of halogens is 2. The molecule has 0 unspecified atom stereocenters. The maximum atomic E-state index is 12.6. The Hall–Kier alpha value is -1.10. The molecule has 0 atom stereocenters. The van der Waals surface area contributed by atoms with Gasteiger partial charge >= 0.3 is 0 Å². The quantitative estimate of drug-likeness (QED) is 0.828. The fourth-order valence-corrected chi connectivity index (χ4v) is 3.86. The van der Waals surface area contributed by atoms with Crippen LogP contribution in [0, 0.1) is 5.92 Å². The number of nitrogens with two attached hydrogens (primary N) is 1. The number of hydrogen-bond donors (Lipinski definition) is 1. The van der Waals surface area contributed by atoms with Gasteiger partial charge in [-0.2, -0.15) is 0 Å². The SMILES string of the molecule is Cl.NC1(C(=O)N2CCC(C(=O)c3ccc(Cl)cc3)CC2)CCCC1. The molecule has 1 aliphatic carbocycles. The lowest BCUT2D eigenvalue weighted by Gasteiger charge is -2.36. The number of hydrogen-bond acceptors (Lipinski definition) is 3. The Morgan fingerprint density at radius 3 is 2.17 bits per heavy atom. The number of carbonyl (C=O) groups is 2. The van der Waals surface area contributed by atoms with Crippen molar-refractivity contribution in [2.45, 2.75) is 44.1 Å². The Bertz CT molecular complexity index is 590. The monoisotopic (exact) mass is 370 g/mol. The molecule has 2 fully saturated rings. The Labute approximate surface area is 154 Å². The summed E-state index contributed by atoms with van der Waals surface area (Å²) >= 11 is 5.86. The third kappa shape index (κ3) is 3.93. The maximum absolute atomic E-state index is 12.6. The number of Topliss-reactive ketones (excluding diaryl/α,β-unsaturated/α-hetero) is 1. The summed E-state index contributed by atoms with van der Waals surface area (Å²) in [6.07, 6.45) is 5.07. The van der Waals surface area contributed by atoms with Gasteiger partial charge in [0.25, 0.3) is 0 Å². The lowest BCUT2D eigenvalue weighted by Crippen LogP contribution is -2.55. The molecular weight excluding hydrogens is 347 g/mol. The highest BCUT2D eigenvalue weighted by molar-refractivity contribution is 6.30. The van der Waals surface area contributed by atoms with E-state index in [1.807, 2.05) is 4.90 Å². The second kappa shape index (κ2) is 7.85. The Morgan fingerprint density at radius 1 is 1.08 bits per heavy atom. The molecule has 1 amide bonds. The minimum atomic E-state index is -0.660. The first kappa shape index (κ1) is 19.2. The van der Waals surface area contributed by atoms with E-state index < -0.39 is 5.54 Å². The van der Waals surface area contributed by atoms with Crippen molar-refractivity contribution >= 4 is 35.7 Å². The molecule has 132 valence electrons. The van der Waals surface area contributed by atoms with E-state index in [1.165, 1.54) is 0 Å². The van der Waals surface area contributed by atoms with Crippen LogP contribution in [0.5, 0.6) is 0 Å². The van der Waals surface area contributed by atoms with Crippen LogP contribution >= 0.6 is 24.0 Å². The molecule has 1 saturated carbocycles. The van der Waals surface area contributed by atoms with Gasteiger partial charge in [0.2, 0.25) is 5.91 Å². The van der Waals surface area contributed by atoms with Crippen molar-refractivity contribution in [1.29, 1.82) is 0 Å². The Balaban J connectivity index is 0.00000208. The van der Waals surface area contributed by atoms with E-state index in [4.69, 9.17) is 17.3 Å².